The number of benzene rings is 1. The second-order valence-corrected chi connectivity index (χ2v) is 5.97. The number of methoxy groups -OCH3 is 1. The standard InChI is InChI=1S/C16H21ClO3/c1-10(16(19)20-2)11-6-7-12(14(17)9-11)8-13-4-3-5-15(13)18/h6-7,9-10,13,15,18H,3-5,8H2,1-2H3. The molecule has 3 atom stereocenters. The van der Waals surface area contributed by atoms with E-state index in [0.717, 1.165) is 36.8 Å². The van der Waals surface area contributed by atoms with Crippen molar-refractivity contribution in [2.75, 3.05) is 7.11 Å². The number of hydrogen-bond acceptors (Lipinski definition) is 3. The molecule has 110 valence electrons. The summed E-state index contributed by atoms with van der Waals surface area (Å²) in [5.74, 6) is -0.278. The summed E-state index contributed by atoms with van der Waals surface area (Å²) in [6.45, 7) is 1.80. The van der Waals surface area contributed by atoms with E-state index >= 15 is 0 Å². The SMILES string of the molecule is COC(=O)C(C)c1ccc(CC2CCCC2O)c(Cl)c1. The van der Waals surface area contributed by atoms with Gasteiger partial charge in [0.05, 0.1) is 19.1 Å². The van der Waals surface area contributed by atoms with Crippen LogP contribution >= 0.6 is 11.6 Å². The maximum atomic E-state index is 11.5. The summed E-state index contributed by atoms with van der Waals surface area (Å²) >= 11 is 6.31. The molecule has 0 aromatic heterocycles. The number of ether oxygens (including phenoxy) is 1. The molecule has 0 spiro atoms. The molecule has 1 saturated carbocycles. The molecule has 1 aromatic carbocycles. The summed E-state index contributed by atoms with van der Waals surface area (Å²) in [6.07, 6.45) is 3.62. The van der Waals surface area contributed by atoms with Gasteiger partial charge in [-0.25, -0.2) is 0 Å². The van der Waals surface area contributed by atoms with E-state index in [4.69, 9.17) is 16.3 Å². The van der Waals surface area contributed by atoms with Crippen molar-refractivity contribution >= 4 is 17.6 Å². The van der Waals surface area contributed by atoms with Gasteiger partial charge in [-0.2, -0.15) is 0 Å². The first-order chi connectivity index (χ1) is 9.52. The molecule has 1 aliphatic rings. The molecule has 0 amide bonds. The number of esters is 1. The predicted octanol–water partition coefficient (Wildman–Crippen LogP) is 3.32. The molecule has 20 heavy (non-hydrogen) atoms. The van der Waals surface area contributed by atoms with Crippen molar-refractivity contribution in [3.63, 3.8) is 0 Å². The Balaban J connectivity index is 2.11. The van der Waals surface area contributed by atoms with Crippen LogP contribution in [0.5, 0.6) is 0 Å². The maximum Gasteiger partial charge on any atom is 0.312 e. The predicted molar refractivity (Wildman–Crippen MR) is 78.9 cm³/mol. The number of halogens is 1. The lowest BCUT2D eigenvalue weighted by molar-refractivity contribution is -0.141. The second-order valence-electron chi connectivity index (χ2n) is 5.56. The van der Waals surface area contributed by atoms with E-state index < -0.39 is 0 Å². The van der Waals surface area contributed by atoms with Crippen molar-refractivity contribution < 1.29 is 14.6 Å². The quantitative estimate of drug-likeness (QED) is 0.867. The lowest BCUT2D eigenvalue weighted by Gasteiger charge is -2.16. The number of rotatable bonds is 4. The van der Waals surface area contributed by atoms with E-state index in [0.29, 0.717) is 10.9 Å². The largest absolute Gasteiger partial charge is 0.469 e. The monoisotopic (exact) mass is 296 g/mol. The molecule has 1 aliphatic carbocycles. The van der Waals surface area contributed by atoms with Gasteiger partial charge in [0.15, 0.2) is 0 Å². The van der Waals surface area contributed by atoms with E-state index in [-0.39, 0.29) is 18.0 Å². The summed E-state index contributed by atoms with van der Waals surface area (Å²) in [4.78, 5) is 11.5. The highest BCUT2D eigenvalue weighted by atomic mass is 35.5. The molecule has 1 N–H and O–H groups in total. The molecule has 2 rings (SSSR count). The van der Waals surface area contributed by atoms with Crippen LogP contribution in [0.2, 0.25) is 5.02 Å². The fraction of sp³-hybridized carbons (Fsp3) is 0.562. The van der Waals surface area contributed by atoms with Crippen molar-refractivity contribution in [2.45, 2.75) is 44.6 Å². The van der Waals surface area contributed by atoms with E-state index in [9.17, 15) is 9.90 Å². The molecular formula is C16H21ClO3. The summed E-state index contributed by atoms with van der Waals surface area (Å²) in [5.41, 5.74) is 1.90. The average Bonchev–Trinajstić information content (AvgIpc) is 2.84. The Morgan fingerprint density at radius 3 is 2.80 bits per heavy atom. The zero-order chi connectivity index (χ0) is 14.7. The zero-order valence-corrected chi connectivity index (χ0v) is 12.7. The summed E-state index contributed by atoms with van der Waals surface area (Å²) in [7, 11) is 1.39. The van der Waals surface area contributed by atoms with Gasteiger partial charge in [-0.05, 0) is 49.3 Å². The maximum absolute atomic E-state index is 11.5. The smallest absolute Gasteiger partial charge is 0.312 e. The normalized spacial score (nSPS) is 23.6. The van der Waals surface area contributed by atoms with E-state index in [1.165, 1.54) is 7.11 Å². The zero-order valence-electron chi connectivity index (χ0n) is 11.9. The van der Waals surface area contributed by atoms with Crippen LogP contribution in [0, 0.1) is 5.92 Å². The van der Waals surface area contributed by atoms with Crippen LogP contribution in [-0.4, -0.2) is 24.3 Å². The van der Waals surface area contributed by atoms with E-state index in [1.807, 2.05) is 18.2 Å². The van der Waals surface area contributed by atoms with Gasteiger partial charge in [-0.1, -0.05) is 30.2 Å². The topological polar surface area (TPSA) is 46.5 Å². The third-order valence-electron chi connectivity index (χ3n) is 4.23. The van der Waals surface area contributed by atoms with Crippen LogP contribution in [0.1, 0.15) is 43.2 Å². The molecule has 0 radical (unpaired) electrons. The van der Waals surface area contributed by atoms with Crippen molar-refractivity contribution in [1.82, 2.24) is 0 Å². The van der Waals surface area contributed by atoms with Gasteiger partial charge in [-0.15, -0.1) is 0 Å². The third kappa shape index (κ3) is 3.33. The van der Waals surface area contributed by atoms with Crippen LogP contribution in [-0.2, 0) is 16.0 Å². The Morgan fingerprint density at radius 1 is 1.50 bits per heavy atom. The molecule has 0 aliphatic heterocycles. The minimum Gasteiger partial charge on any atom is -0.469 e. The lowest BCUT2D eigenvalue weighted by atomic mass is 9.93. The third-order valence-corrected chi connectivity index (χ3v) is 4.58. The highest BCUT2D eigenvalue weighted by molar-refractivity contribution is 6.31. The fourth-order valence-electron chi connectivity index (χ4n) is 2.85. The summed E-state index contributed by atoms with van der Waals surface area (Å²) < 4.78 is 4.74. The molecular weight excluding hydrogens is 276 g/mol. The van der Waals surface area contributed by atoms with Crippen LogP contribution in [0.15, 0.2) is 18.2 Å². The van der Waals surface area contributed by atoms with Crippen LogP contribution in [0.4, 0.5) is 0 Å². The van der Waals surface area contributed by atoms with Crippen LogP contribution in [0.25, 0.3) is 0 Å². The molecule has 4 heteroatoms. The highest BCUT2D eigenvalue weighted by Crippen LogP contribution is 2.32. The van der Waals surface area contributed by atoms with Crippen molar-refractivity contribution in [1.29, 1.82) is 0 Å². The first-order valence-electron chi connectivity index (χ1n) is 7.07. The highest BCUT2D eigenvalue weighted by Gasteiger charge is 2.26. The second kappa shape index (κ2) is 6.59. The van der Waals surface area contributed by atoms with Crippen LogP contribution < -0.4 is 0 Å². The number of aliphatic hydroxyl groups is 1. The van der Waals surface area contributed by atoms with Gasteiger partial charge in [0.1, 0.15) is 0 Å². The Morgan fingerprint density at radius 2 is 2.25 bits per heavy atom. The van der Waals surface area contributed by atoms with Crippen LogP contribution in [0.3, 0.4) is 0 Å². The van der Waals surface area contributed by atoms with Gasteiger partial charge in [0.2, 0.25) is 0 Å². The average molecular weight is 297 g/mol. The minimum atomic E-state index is -0.316. The summed E-state index contributed by atoms with van der Waals surface area (Å²) in [5, 5.41) is 10.5. The number of carbonyl (C=O) groups is 1. The first kappa shape index (κ1) is 15.3. The molecule has 3 unspecified atom stereocenters. The molecule has 3 nitrogen and oxygen atoms in total. The van der Waals surface area contributed by atoms with E-state index in [1.54, 1.807) is 6.92 Å². The molecule has 0 bridgehead atoms. The number of hydrogen-bond donors (Lipinski definition) is 1. The number of carbonyl (C=O) groups excluding carboxylic acids is 1. The Bertz CT molecular complexity index is 487. The molecule has 0 saturated heterocycles. The van der Waals surface area contributed by atoms with Gasteiger partial charge in [-0.3, -0.25) is 4.79 Å². The summed E-state index contributed by atoms with van der Waals surface area (Å²) in [6, 6.07) is 5.71. The number of aliphatic hydroxyl groups excluding tert-OH is 1. The van der Waals surface area contributed by atoms with Gasteiger partial charge < -0.3 is 9.84 Å². The Labute approximate surface area is 124 Å². The first-order valence-corrected chi connectivity index (χ1v) is 7.45. The Hall–Kier alpha value is -1.06. The van der Waals surface area contributed by atoms with Crippen molar-refractivity contribution in [3.8, 4) is 0 Å². The van der Waals surface area contributed by atoms with Crippen molar-refractivity contribution in [3.05, 3.63) is 34.3 Å². The molecule has 1 aromatic rings. The van der Waals surface area contributed by atoms with Gasteiger partial charge in [0.25, 0.3) is 0 Å². The molecule has 0 heterocycles. The molecule has 1 fully saturated rings. The van der Waals surface area contributed by atoms with Crippen molar-refractivity contribution in [2.24, 2.45) is 5.92 Å². The lowest BCUT2D eigenvalue weighted by Crippen LogP contribution is -2.16. The van der Waals surface area contributed by atoms with Gasteiger partial charge in [0, 0.05) is 5.02 Å². The van der Waals surface area contributed by atoms with E-state index in [2.05, 4.69) is 0 Å². The Kier molecular flexibility index (Phi) is 5.06. The van der Waals surface area contributed by atoms with Gasteiger partial charge >= 0.3 is 5.97 Å². The minimum absolute atomic E-state index is 0.209. The fourth-order valence-corrected chi connectivity index (χ4v) is 3.12.